The third-order valence-electron chi connectivity index (χ3n) is 3.96. The van der Waals surface area contributed by atoms with E-state index in [9.17, 15) is 0 Å². The molecule has 1 nitrogen and oxygen atoms in total. The molecular weight excluding hydrogens is 158 g/mol. The Labute approximate surface area is 83.3 Å². The second kappa shape index (κ2) is 4.45. The largest absolute Gasteiger partial charge is 0.313 e. The van der Waals surface area contributed by atoms with E-state index >= 15 is 0 Å². The minimum Gasteiger partial charge on any atom is -0.313 e. The number of nitrogens with one attached hydrogen (secondary N) is 1. The minimum atomic E-state index is 0.670. The highest BCUT2D eigenvalue weighted by atomic mass is 14.9. The third-order valence-corrected chi connectivity index (χ3v) is 3.96. The average molecular weight is 183 g/mol. The van der Waals surface area contributed by atoms with Gasteiger partial charge in [0.2, 0.25) is 0 Å². The van der Waals surface area contributed by atoms with Crippen LogP contribution >= 0.6 is 0 Å². The second-order valence-electron chi connectivity index (χ2n) is 5.12. The second-order valence-corrected chi connectivity index (χ2v) is 5.12. The summed E-state index contributed by atoms with van der Waals surface area (Å²) < 4.78 is 0. The highest BCUT2D eigenvalue weighted by Gasteiger charge is 2.34. The van der Waals surface area contributed by atoms with Gasteiger partial charge in [0, 0.05) is 12.6 Å². The summed E-state index contributed by atoms with van der Waals surface area (Å²) in [6.45, 7) is 10.4. The van der Waals surface area contributed by atoms with Crippen molar-refractivity contribution in [3.05, 3.63) is 0 Å². The Hall–Kier alpha value is -0.0400. The lowest BCUT2D eigenvalue weighted by molar-refractivity contribution is 0.117. The fourth-order valence-corrected chi connectivity index (χ4v) is 1.95. The van der Waals surface area contributed by atoms with Gasteiger partial charge in [0.15, 0.2) is 0 Å². The Morgan fingerprint density at radius 1 is 1.23 bits per heavy atom. The lowest BCUT2D eigenvalue weighted by atomic mass is 9.67. The van der Waals surface area contributed by atoms with Gasteiger partial charge in [-0.2, -0.15) is 0 Å². The zero-order valence-electron chi connectivity index (χ0n) is 9.69. The van der Waals surface area contributed by atoms with Crippen LogP contribution in [0.1, 0.15) is 53.4 Å². The van der Waals surface area contributed by atoms with Crippen molar-refractivity contribution >= 4 is 0 Å². The van der Waals surface area contributed by atoms with Crippen molar-refractivity contribution in [2.75, 3.05) is 6.54 Å². The van der Waals surface area contributed by atoms with Gasteiger partial charge in [0.1, 0.15) is 0 Å². The first-order valence-corrected chi connectivity index (χ1v) is 5.83. The average Bonchev–Trinajstić information content (AvgIpc) is 2.02. The fraction of sp³-hybridized carbons (Fsp3) is 1.00. The molecule has 0 saturated heterocycles. The van der Waals surface area contributed by atoms with Crippen molar-refractivity contribution in [2.24, 2.45) is 11.3 Å². The fourth-order valence-electron chi connectivity index (χ4n) is 1.95. The maximum Gasteiger partial charge on any atom is 0.00619 e. The number of hydrogen-bond acceptors (Lipinski definition) is 1. The molecule has 1 rings (SSSR count). The van der Waals surface area contributed by atoms with Gasteiger partial charge in [-0.1, -0.05) is 27.2 Å². The van der Waals surface area contributed by atoms with E-state index in [0.717, 1.165) is 5.92 Å². The van der Waals surface area contributed by atoms with E-state index in [1.807, 2.05) is 0 Å². The van der Waals surface area contributed by atoms with Crippen LogP contribution in [0.4, 0.5) is 0 Å². The first kappa shape index (κ1) is 11.0. The minimum absolute atomic E-state index is 0.670. The first-order valence-electron chi connectivity index (χ1n) is 5.83. The van der Waals surface area contributed by atoms with E-state index in [2.05, 4.69) is 33.0 Å². The molecule has 0 aromatic rings. The van der Waals surface area contributed by atoms with Gasteiger partial charge >= 0.3 is 0 Å². The lowest BCUT2D eigenvalue weighted by Crippen LogP contribution is -2.43. The highest BCUT2D eigenvalue weighted by Crippen LogP contribution is 2.43. The van der Waals surface area contributed by atoms with Crippen LogP contribution in [0.15, 0.2) is 0 Å². The Balaban J connectivity index is 2.24. The van der Waals surface area contributed by atoms with Gasteiger partial charge in [0.05, 0.1) is 0 Å². The van der Waals surface area contributed by atoms with Gasteiger partial charge in [-0.25, -0.2) is 0 Å². The van der Waals surface area contributed by atoms with Crippen LogP contribution in [0.2, 0.25) is 0 Å². The molecule has 0 aromatic carbocycles. The van der Waals surface area contributed by atoms with Crippen LogP contribution in [-0.4, -0.2) is 12.6 Å². The molecular formula is C12H25N. The van der Waals surface area contributed by atoms with Crippen molar-refractivity contribution in [1.82, 2.24) is 5.32 Å². The summed E-state index contributed by atoms with van der Waals surface area (Å²) in [5, 5.41) is 3.68. The van der Waals surface area contributed by atoms with Gasteiger partial charge in [0.25, 0.3) is 0 Å². The van der Waals surface area contributed by atoms with Crippen molar-refractivity contribution in [3.63, 3.8) is 0 Å². The molecule has 78 valence electrons. The Morgan fingerprint density at radius 3 is 2.15 bits per heavy atom. The molecule has 1 atom stereocenters. The van der Waals surface area contributed by atoms with E-state index in [4.69, 9.17) is 0 Å². The predicted octanol–water partition coefficient (Wildman–Crippen LogP) is 3.20. The molecule has 0 radical (unpaired) electrons. The van der Waals surface area contributed by atoms with Gasteiger partial charge < -0.3 is 5.32 Å². The molecule has 1 heteroatoms. The molecule has 0 aromatic heterocycles. The van der Waals surface area contributed by atoms with Gasteiger partial charge in [-0.05, 0) is 37.5 Å². The van der Waals surface area contributed by atoms with Crippen molar-refractivity contribution < 1.29 is 0 Å². The normalized spacial score (nSPS) is 22.8. The molecule has 1 saturated carbocycles. The van der Waals surface area contributed by atoms with Crippen LogP contribution in [0.25, 0.3) is 0 Å². The summed E-state index contributed by atoms with van der Waals surface area (Å²) in [5.74, 6) is 0.758. The molecule has 0 heterocycles. The van der Waals surface area contributed by atoms with Gasteiger partial charge in [-0.15, -0.1) is 0 Å². The summed E-state index contributed by atoms with van der Waals surface area (Å²) in [4.78, 5) is 0. The SMILES string of the molecule is CCC1(CNC(C)C(C)C)CCC1. The molecule has 0 aliphatic heterocycles. The van der Waals surface area contributed by atoms with Gasteiger partial charge in [-0.3, -0.25) is 0 Å². The summed E-state index contributed by atoms with van der Waals surface area (Å²) in [6.07, 6.45) is 5.69. The van der Waals surface area contributed by atoms with E-state index in [1.54, 1.807) is 0 Å². The zero-order valence-corrected chi connectivity index (χ0v) is 9.69. The summed E-state index contributed by atoms with van der Waals surface area (Å²) in [6, 6.07) is 0.670. The zero-order chi connectivity index (χ0) is 9.90. The monoisotopic (exact) mass is 183 g/mol. The standard InChI is InChI=1S/C12H25N/c1-5-12(7-6-8-12)9-13-11(4)10(2)3/h10-11,13H,5-9H2,1-4H3. The third kappa shape index (κ3) is 2.70. The van der Waals surface area contributed by atoms with Crippen LogP contribution in [-0.2, 0) is 0 Å². The summed E-state index contributed by atoms with van der Waals surface area (Å²) in [5.41, 5.74) is 0.670. The predicted molar refractivity (Wildman–Crippen MR) is 58.9 cm³/mol. The molecule has 1 N–H and O–H groups in total. The molecule has 0 amide bonds. The van der Waals surface area contributed by atoms with Crippen molar-refractivity contribution in [1.29, 1.82) is 0 Å². The van der Waals surface area contributed by atoms with Crippen molar-refractivity contribution in [3.8, 4) is 0 Å². The van der Waals surface area contributed by atoms with Crippen LogP contribution in [0.5, 0.6) is 0 Å². The molecule has 1 fully saturated rings. The summed E-state index contributed by atoms with van der Waals surface area (Å²) >= 11 is 0. The lowest BCUT2D eigenvalue weighted by Gasteiger charge is -2.42. The van der Waals surface area contributed by atoms with Crippen LogP contribution in [0, 0.1) is 11.3 Å². The molecule has 1 aliphatic rings. The molecule has 0 bridgehead atoms. The van der Waals surface area contributed by atoms with Crippen LogP contribution in [0.3, 0.4) is 0 Å². The van der Waals surface area contributed by atoms with E-state index < -0.39 is 0 Å². The number of hydrogen-bond donors (Lipinski definition) is 1. The maximum atomic E-state index is 3.68. The molecule has 13 heavy (non-hydrogen) atoms. The van der Waals surface area contributed by atoms with Crippen molar-refractivity contribution in [2.45, 2.75) is 59.4 Å². The Kier molecular flexibility index (Phi) is 3.78. The summed E-state index contributed by atoms with van der Waals surface area (Å²) in [7, 11) is 0. The van der Waals surface area contributed by atoms with E-state index in [-0.39, 0.29) is 0 Å². The topological polar surface area (TPSA) is 12.0 Å². The Morgan fingerprint density at radius 2 is 1.85 bits per heavy atom. The Bertz CT molecular complexity index is 142. The molecule has 1 aliphatic carbocycles. The van der Waals surface area contributed by atoms with E-state index in [0.29, 0.717) is 11.5 Å². The molecule has 1 unspecified atom stereocenters. The highest BCUT2D eigenvalue weighted by molar-refractivity contribution is 4.89. The number of rotatable bonds is 5. The smallest absolute Gasteiger partial charge is 0.00619 e. The van der Waals surface area contributed by atoms with Crippen LogP contribution < -0.4 is 5.32 Å². The molecule has 0 spiro atoms. The maximum absolute atomic E-state index is 3.68. The quantitative estimate of drug-likeness (QED) is 0.690. The van der Waals surface area contributed by atoms with E-state index in [1.165, 1.54) is 32.2 Å². The first-order chi connectivity index (χ1) is 6.09.